The smallest absolute Gasteiger partial charge is 0.272 e. The topological polar surface area (TPSA) is 46.9 Å². The Balaban J connectivity index is 1.54. The number of rotatable bonds is 5. The van der Waals surface area contributed by atoms with Crippen molar-refractivity contribution in [2.75, 3.05) is 6.54 Å². The lowest BCUT2D eigenvalue weighted by Gasteiger charge is -2.12. The van der Waals surface area contributed by atoms with Crippen LogP contribution in [0.3, 0.4) is 0 Å². The molecule has 132 valence electrons. The van der Waals surface area contributed by atoms with Crippen LogP contribution in [0, 0.1) is 0 Å². The predicted octanol–water partition coefficient (Wildman–Crippen LogP) is 3.89. The van der Waals surface area contributed by atoms with Crippen LogP contribution in [0.5, 0.6) is 0 Å². The fraction of sp³-hybridized carbons (Fsp3) is 0.273. The first-order chi connectivity index (χ1) is 12.7. The zero-order valence-electron chi connectivity index (χ0n) is 15.0. The number of hydrogen-bond donors (Lipinski definition) is 1. The summed E-state index contributed by atoms with van der Waals surface area (Å²) in [4.78, 5) is 12.8. The summed E-state index contributed by atoms with van der Waals surface area (Å²) in [6.45, 7) is 2.73. The lowest BCUT2D eigenvalue weighted by Crippen LogP contribution is -2.28. The average molecular weight is 345 g/mol. The van der Waals surface area contributed by atoms with Gasteiger partial charge in [-0.15, -0.1) is 0 Å². The number of hydrogen-bond acceptors (Lipinski definition) is 2. The van der Waals surface area contributed by atoms with E-state index in [4.69, 9.17) is 0 Å². The normalized spacial score (nSPS) is 14.0. The van der Waals surface area contributed by atoms with Crippen LogP contribution in [0.1, 0.15) is 46.6 Å². The van der Waals surface area contributed by atoms with E-state index in [1.165, 1.54) is 11.3 Å². The summed E-state index contributed by atoms with van der Waals surface area (Å²) < 4.78 is 1.94. The number of para-hydroxylation sites is 1. The first-order valence-electron chi connectivity index (χ1n) is 9.23. The van der Waals surface area contributed by atoms with Crippen molar-refractivity contribution in [2.24, 2.45) is 0 Å². The highest BCUT2D eigenvalue weighted by Crippen LogP contribution is 2.27. The van der Waals surface area contributed by atoms with Gasteiger partial charge in [-0.05, 0) is 42.9 Å². The molecule has 1 N–H and O–H groups in total. The molecule has 3 aromatic rings. The first-order valence-corrected chi connectivity index (χ1v) is 9.23. The maximum atomic E-state index is 12.8. The van der Waals surface area contributed by atoms with Crippen LogP contribution in [-0.4, -0.2) is 22.2 Å². The Bertz CT molecular complexity index is 900. The van der Waals surface area contributed by atoms with Crippen LogP contribution < -0.4 is 5.32 Å². The van der Waals surface area contributed by atoms with Gasteiger partial charge in [-0.25, -0.2) is 4.68 Å². The molecule has 4 rings (SSSR count). The fourth-order valence-electron chi connectivity index (χ4n) is 3.63. The van der Waals surface area contributed by atoms with Crippen LogP contribution in [-0.2, 0) is 12.8 Å². The van der Waals surface area contributed by atoms with Crippen LogP contribution in [0.2, 0.25) is 0 Å². The summed E-state index contributed by atoms with van der Waals surface area (Å²) in [5.41, 5.74) is 5.12. The van der Waals surface area contributed by atoms with E-state index in [1.807, 2.05) is 53.2 Å². The van der Waals surface area contributed by atoms with Crippen LogP contribution >= 0.6 is 0 Å². The second kappa shape index (κ2) is 7.16. The third kappa shape index (κ3) is 3.15. The van der Waals surface area contributed by atoms with Gasteiger partial charge in [0.15, 0.2) is 5.69 Å². The third-order valence-electron chi connectivity index (χ3n) is 5.08. The Morgan fingerprint density at radius 2 is 1.77 bits per heavy atom. The van der Waals surface area contributed by atoms with Gasteiger partial charge in [0.1, 0.15) is 0 Å². The van der Waals surface area contributed by atoms with Crippen molar-refractivity contribution in [3.63, 3.8) is 0 Å². The van der Waals surface area contributed by atoms with E-state index in [-0.39, 0.29) is 11.8 Å². The Hall–Kier alpha value is -2.88. The van der Waals surface area contributed by atoms with Crippen LogP contribution in [0.25, 0.3) is 5.69 Å². The van der Waals surface area contributed by atoms with E-state index in [9.17, 15) is 4.79 Å². The quantitative estimate of drug-likeness (QED) is 0.762. The van der Waals surface area contributed by atoms with Gasteiger partial charge in [0.2, 0.25) is 0 Å². The molecular weight excluding hydrogens is 322 g/mol. The van der Waals surface area contributed by atoms with E-state index in [0.29, 0.717) is 12.2 Å². The monoisotopic (exact) mass is 345 g/mol. The molecule has 26 heavy (non-hydrogen) atoms. The highest BCUT2D eigenvalue weighted by molar-refractivity contribution is 5.94. The van der Waals surface area contributed by atoms with E-state index in [0.717, 1.165) is 30.5 Å². The van der Waals surface area contributed by atoms with Crippen molar-refractivity contribution in [1.82, 2.24) is 15.1 Å². The van der Waals surface area contributed by atoms with Gasteiger partial charge in [-0.1, -0.05) is 55.5 Å². The molecule has 1 unspecified atom stereocenters. The number of aromatic nitrogens is 2. The van der Waals surface area contributed by atoms with Crippen molar-refractivity contribution in [1.29, 1.82) is 0 Å². The summed E-state index contributed by atoms with van der Waals surface area (Å²) in [5.74, 6) is 0.199. The summed E-state index contributed by atoms with van der Waals surface area (Å²) in [6.07, 6.45) is 2.99. The van der Waals surface area contributed by atoms with Crippen LogP contribution in [0.4, 0.5) is 0 Å². The minimum atomic E-state index is -0.0689. The third-order valence-corrected chi connectivity index (χ3v) is 5.08. The Morgan fingerprint density at radius 1 is 1.08 bits per heavy atom. The molecule has 1 aliphatic carbocycles. The maximum absolute atomic E-state index is 12.8. The number of amides is 1. The largest absolute Gasteiger partial charge is 0.350 e. The Kier molecular flexibility index (Phi) is 4.57. The standard InChI is InChI=1S/C22H23N3O/c1-16(17-9-4-2-5-10-17)15-23-22(26)21-19-13-8-14-20(19)25(24-21)18-11-6-3-7-12-18/h2-7,9-12,16H,8,13-15H2,1H3,(H,23,26). The summed E-state index contributed by atoms with van der Waals surface area (Å²) >= 11 is 0. The first kappa shape index (κ1) is 16.6. The van der Waals surface area contributed by atoms with Gasteiger partial charge in [0.25, 0.3) is 5.91 Å². The molecule has 4 heteroatoms. The molecule has 0 aliphatic heterocycles. The van der Waals surface area contributed by atoms with Gasteiger partial charge in [0, 0.05) is 17.8 Å². The molecule has 4 nitrogen and oxygen atoms in total. The van der Waals surface area contributed by atoms with Crippen molar-refractivity contribution >= 4 is 5.91 Å². The number of fused-ring (bicyclic) bond motifs is 1. The predicted molar refractivity (Wildman–Crippen MR) is 103 cm³/mol. The van der Waals surface area contributed by atoms with Gasteiger partial charge in [-0.3, -0.25) is 4.79 Å². The zero-order chi connectivity index (χ0) is 17.9. The van der Waals surface area contributed by atoms with Gasteiger partial charge < -0.3 is 5.32 Å². The number of nitrogens with one attached hydrogen (secondary N) is 1. The lowest BCUT2D eigenvalue weighted by atomic mass is 10.0. The molecule has 0 radical (unpaired) electrons. The van der Waals surface area contributed by atoms with E-state index < -0.39 is 0 Å². The molecule has 0 fully saturated rings. The molecular formula is C22H23N3O. The van der Waals surface area contributed by atoms with Gasteiger partial charge >= 0.3 is 0 Å². The molecule has 0 saturated carbocycles. The SMILES string of the molecule is CC(CNC(=O)c1nn(-c2ccccc2)c2c1CCC2)c1ccccc1. The second-order valence-corrected chi connectivity index (χ2v) is 6.90. The number of nitrogens with zero attached hydrogens (tertiary/aromatic N) is 2. The van der Waals surface area contributed by atoms with E-state index in [1.54, 1.807) is 0 Å². The fourth-order valence-corrected chi connectivity index (χ4v) is 3.63. The van der Waals surface area contributed by atoms with Gasteiger partial charge in [-0.2, -0.15) is 5.10 Å². The highest BCUT2D eigenvalue weighted by atomic mass is 16.1. The number of carbonyl (C=O) groups is 1. The lowest BCUT2D eigenvalue weighted by molar-refractivity contribution is 0.0945. The van der Waals surface area contributed by atoms with Crippen molar-refractivity contribution in [3.05, 3.63) is 83.2 Å². The average Bonchev–Trinajstić information content (AvgIpc) is 3.30. The number of benzene rings is 2. The highest BCUT2D eigenvalue weighted by Gasteiger charge is 2.27. The maximum Gasteiger partial charge on any atom is 0.272 e. The molecule has 1 aliphatic rings. The molecule has 1 atom stereocenters. The molecule has 2 aromatic carbocycles. The van der Waals surface area contributed by atoms with Crippen molar-refractivity contribution in [2.45, 2.75) is 32.1 Å². The van der Waals surface area contributed by atoms with Crippen molar-refractivity contribution in [3.8, 4) is 5.69 Å². The van der Waals surface area contributed by atoms with E-state index >= 15 is 0 Å². The second-order valence-electron chi connectivity index (χ2n) is 6.90. The van der Waals surface area contributed by atoms with E-state index in [2.05, 4.69) is 29.5 Å². The summed E-state index contributed by atoms with van der Waals surface area (Å²) in [7, 11) is 0. The van der Waals surface area contributed by atoms with Crippen molar-refractivity contribution < 1.29 is 4.79 Å². The van der Waals surface area contributed by atoms with Crippen LogP contribution in [0.15, 0.2) is 60.7 Å². The summed E-state index contributed by atoms with van der Waals surface area (Å²) in [5, 5.41) is 7.73. The molecule has 1 heterocycles. The Labute approximate surface area is 153 Å². The Morgan fingerprint density at radius 3 is 2.50 bits per heavy atom. The molecule has 1 aromatic heterocycles. The molecule has 0 spiro atoms. The molecule has 0 saturated heterocycles. The minimum Gasteiger partial charge on any atom is -0.350 e. The van der Waals surface area contributed by atoms with Gasteiger partial charge in [0.05, 0.1) is 5.69 Å². The molecule has 0 bridgehead atoms. The molecule has 1 amide bonds. The zero-order valence-corrected chi connectivity index (χ0v) is 15.0. The minimum absolute atomic E-state index is 0.0689. The number of carbonyl (C=O) groups excluding carboxylic acids is 1. The summed E-state index contributed by atoms with van der Waals surface area (Å²) in [6, 6.07) is 20.3.